The zero-order valence-electron chi connectivity index (χ0n) is 16.9. The smallest absolute Gasteiger partial charge is 0.257 e. The summed E-state index contributed by atoms with van der Waals surface area (Å²) in [5.41, 5.74) is 4.57. The molecule has 0 aliphatic heterocycles. The minimum Gasteiger partial charge on any atom is -0.322 e. The Balaban J connectivity index is 1.79. The van der Waals surface area contributed by atoms with Crippen LogP contribution in [-0.2, 0) is 12.8 Å². The van der Waals surface area contributed by atoms with Crippen molar-refractivity contribution >= 4 is 23.2 Å². The fourth-order valence-corrected chi connectivity index (χ4v) is 3.11. The van der Waals surface area contributed by atoms with E-state index in [9.17, 15) is 9.59 Å². The molecule has 2 amide bonds. The summed E-state index contributed by atoms with van der Waals surface area (Å²) in [4.78, 5) is 29.5. The second-order valence-corrected chi connectivity index (χ2v) is 6.72. The lowest BCUT2D eigenvalue weighted by molar-refractivity contribution is 0.102. The highest BCUT2D eigenvalue weighted by atomic mass is 16.2. The maximum atomic E-state index is 12.8. The lowest BCUT2D eigenvalue weighted by Crippen LogP contribution is -2.17. The van der Waals surface area contributed by atoms with Crippen LogP contribution in [0.25, 0.3) is 0 Å². The number of nitrogens with one attached hydrogen (secondary N) is 2. The number of para-hydroxylation sites is 1. The summed E-state index contributed by atoms with van der Waals surface area (Å²) in [6.07, 6.45) is 4.45. The minimum absolute atomic E-state index is 0.270. The van der Waals surface area contributed by atoms with Crippen LogP contribution >= 0.6 is 0 Å². The highest BCUT2D eigenvalue weighted by Gasteiger charge is 2.15. The molecule has 0 saturated carbocycles. The van der Waals surface area contributed by atoms with Crippen LogP contribution in [0.4, 0.5) is 11.4 Å². The van der Waals surface area contributed by atoms with Crippen LogP contribution in [-0.4, -0.2) is 16.8 Å². The van der Waals surface area contributed by atoms with Crippen molar-refractivity contribution in [2.75, 3.05) is 10.6 Å². The summed E-state index contributed by atoms with van der Waals surface area (Å²) in [6, 6.07) is 16.1. The molecule has 0 atom stereocenters. The standard InChI is InChI=1S/C24H22N4O2/c1-3-17-6-5-7-18(4-2)22(17)28-24(30)20-12-19(14-26-15-20)23(29)27-21-10-8-16(13-25)9-11-21/h5-12,14-15H,3-4H2,1-2H3,(H,27,29)(H,28,30). The zero-order valence-corrected chi connectivity index (χ0v) is 16.9. The van der Waals surface area contributed by atoms with Crippen molar-refractivity contribution in [3.05, 3.63) is 88.7 Å². The van der Waals surface area contributed by atoms with Gasteiger partial charge in [-0.15, -0.1) is 0 Å². The summed E-state index contributed by atoms with van der Waals surface area (Å²) < 4.78 is 0. The summed E-state index contributed by atoms with van der Waals surface area (Å²) in [5.74, 6) is -0.698. The molecule has 0 aliphatic rings. The number of benzene rings is 2. The van der Waals surface area contributed by atoms with Crippen molar-refractivity contribution in [3.8, 4) is 6.07 Å². The van der Waals surface area contributed by atoms with Gasteiger partial charge in [-0.25, -0.2) is 0 Å². The summed E-state index contributed by atoms with van der Waals surface area (Å²) >= 11 is 0. The first kappa shape index (κ1) is 20.7. The minimum atomic E-state index is -0.384. The van der Waals surface area contributed by atoms with Crippen molar-refractivity contribution in [3.63, 3.8) is 0 Å². The van der Waals surface area contributed by atoms with Crippen molar-refractivity contribution in [1.82, 2.24) is 4.98 Å². The quantitative estimate of drug-likeness (QED) is 0.635. The molecule has 1 heterocycles. The van der Waals surface area contributed by atoms with Gasteiger partial charge >= 0.3 is 0 Å². The molecule has 0 fully saturated rings. The van der Waals surface area contributed by atoms with Crippen LogP contribution in [0, 0.1) is 11.3 Å². The molecule has 0 aliphatic carbocycles. The Morgan fingerprint density at radius 1 is 0.900 bits per heavy atom. The van der Waals surface area contributed by atoms with E-state index in [1.54, 1.807) is 24.3 Å². The topological polar surface area (TPSA) is 94.9 Å². The maximum absolute atomic E-state index is 12.8. The van der Waals surface area contributed by atoms with Crippen LogP contribution in [0.5, 0.6) is 0 Å². The number of hydrogen-bond donors (Lipinski definition) is 2. The van der Waals surface area contributed by atoms with E-state index in [-0.39, 0.29) is 17.4 Å². The molecule has 1 aromatic heterocycles. The average molecular weight is 398 g/mol. The summed E-state index contributed by atoms with van der Waals surface area (Å²) in [7, 11) is 0. The number of aryl methyl sites for hydroxylation is 2. The SMILES string of the molecule is CCc1cccc(CC)c1NC(=O)c1cncc(C(=O)Nc2ccc(C#N)cc2)c1. The van der Waals surface area contributed by atoms with Gasteiger partial charge in [0.2, 0.25) is 0 Å². The Labute approximate surface area is 175 Å². The fraction of sp³-hybridized carbons (Fsp3) is 0.167. The first-order valence-electron chi connectivity index (χ1n) is 9.74. The largest absolute Gasteiger partial charge is 0.322 e. The van der Waals surface area contributed by atoms with E-state index >= 15 is 0 Å². The Kier molecular flexibility index (Phi) is 6.56. The Bertz CT molecular complexity index is 1090. The van der Waals surface area contributed by atoms with E-state index in [0.717, 1.165) is 29.7 Å². The third-order valence-electron chi connectivity index (χ3n) is 4.77. The lowest BCUT2D eigenvalue weighted by atomic mass is 10.0. The van der Waals surface area contributed by atoms with Crippen LogP contribution < -0.4 is 10.6 Å². The first-order chi connectivity index (χ1) is 14.5. The normalized spacial score (nSPS) is 10.2. The number of anilines is 2. The molecular weight excluding hydrogens is 376 g/mol. The van der Waals surface area contributed by atoms with Gasteiger partial charge in [-0.3, -0.25) is 14.6 Å². The predicted octanol–water partition coefficient (Wildman–Crippen LogP) is 4.58. The van der Waals surface area contributed by atoms with Crippen molar-refractivity contribution < 1.29 is 9.59 Å². The van der Waals surface area contributed by atoms with Gasteiger partial charge in [0.05, 0.1) is 22.8 Å². The van der Waals surface area contributed by atoms with E-state index in [2.05, 4.69) is 15.6 Å². The van der Waals surface area contributed by atoms with Gasteiger partial charge in [0.1, 0.15) is 0 Å². The van der Waals surface area contributed by atoms with Gasteiger partial charge in [-0.05, 0) is 54.3 Å². The van der Waals surface area contributed by atoms with Crippen LogP contribution in [0.15, 0.2) is 60.9 Å². The zero-order chi connectivity index (χ0) is 21.5. The number of carbonyl (C=O) groups is 2. The summed E-state index contributed by atoms with van der Waals surface area (Å²) in [6.45, 7) is 4.08. The van der Waals surface area contributed by atoms with E-state index in [1.165, 1.54) is 18.5 Å². The van der Waals surface area contributed by atoms with Crippen LogP contribution in [0.3, 0.4) is 0 Å². The molecule has 0 radical (unpaired) electrons. The second-order valence-electron chi connectivity index (χ2n) is 6.72. The Morgan fingerprint density at radius 3 is 2.00 bits per heavy atom. The number of pyridine rings is 1. The third kappa shape index (κ3) is 4.70. The van der Waals surface area contributed by atoms with Crippen LogP contribution in [0.2, 0.25) is 0 Å². The third-order valence-corrected chi connectivity index (χ3v) is 4.77. The Hall–Kier alpha value is -3.98. The van der Waals surface area contributed by atoms with Crippen molar-refractivity contribution in [2.45, 2.75) is 26.7 Å². The van der Waals surface area contributed by atoms with E-state index in [4.69, 9.17) is 5.26 Å². The summed E-state index contributed by atoms with van der Waals surface area (Å²) in [5, 5.41) is 14.6. The number of amides is 2. The van der Waals surface area contributed by atoms with Crippen molar-refractivity contribution in [1.29, 1.82) is 5.26 Å². The molecule has 6 nitrogen and oxygen atoms in total. The van der Waals surface area contributed by atoms with Gasteiger partial charge < -0.3 is 10.6 Å². The maximum Gasteiger partial charge on any atom is 0.257 e. The Morgan fingerprint density at radius 2 is 1.47 bits per heavy atom. The number of rotatable bonds is 6. The molecule has 30 heavy (non-hydrogen) atoms. The van der Waals surface area contributed by atoms with Crippen LogP contribution in [0.1, 0.15) is 51.3 Å². The molecule has 150 valence electrons. The number of nitrogens with zero attached hydrogens (tertiary/aromatic N) is 2. The lowest BCUT2D eigenvalue weighted by Gasteiger charge is -2.14. The van der Waals surface area contributed by atoms with Gasteiger partial charge in [0.15, 0.2) is 0 Å². The van der Waals surface area contributed by atoms with Crippen molar-refractivity contribution in [2.24, 2.45) is 0 Å². The molecule has 0 bridgehead atoms. The highest BCUT2D eigenvalue weighted by Crippen LogP contribution is 2.23. The number of nitriles is 1. The average Bonchev–Trinajstić information content (AvgIpc) is 2.79. The molecule has 2 N–H and O–H groups in total. The predicted molar refractivity (Wildman–Crippen MR) is 116 cm³/mol. The number of carbonyl (C=O) groups excluding carboxylic acids is 2. The van der Waals surface area contributed by atoms with Gasteiger partial charge in [-0.1, -0.05) is 32.0 Å². The molecule has 3 rings (SSSR count). The first-order valence-corrected chi connectivity index (χ1v) is 9.74. The second kappa shape index (κ2) is 9.48. The molecule has 3 aromatic rings. The van der Waals surface area contributed by atoms with E-state index in [1.807, 2.05) is 38.1 Å². The molecule has 6 heteroatoms. The van der Waals surface area contributed by atoms with E-state index in [0.29, 0.717) is 16.8 Å². The molecule has 0 unspecified atom stereocenters. The van der Waals surface area contributed by atoms with Gasteiger partial charge in [0.25, 0.3) is 11.8 Å². The highest BCUT2D eigenvalue weighted by molar-refractivity contribution is 6.08. The molecule has 2 aromatic carbocycles. The number of hydrogen-bond acceptors (Lipinski definition) is 4. The fourth-order valence-electron chi connectivity index (χ4n) is 3.11. The molecular formula is C24H22N4O2. The van der Waals surface area contributed by atoms with Gasteiger partial charge in [0, 0.05) is 23.8 Å². The molecule has 0 spiro atoms. The number of aromatic nitrogens is 1. The monoisotopic (exact) mass is 398 g/mol. The molecule has 0 saturated heterocycles. The van der Waals surface area contributed by atoms with E-state index < -0.39 is 0 Å². The van der Waals surface area contributed by atoms with Gasteiger partial charge in [-0.2, -0.15) is 5.26 Å².